The Labute approximate surface area is 181 Å². The Balaban J connectivity index is 1.31. The molecule has 2 aromatic rings. The van der Waals surface area contributed by atoms with E-state index in [1.807, 2.05) is 41.3 Å². The SMILES string of the molecule is O=C(NCCCSc1ccc(F)cc1)C1CCN(C(=O)/C=C/c2ccccc2)CC1. The minimum Gasteiger partial charge on any atom is -0.356 e. The Hall–Kier alpha value is -2.60. The van der Waals surface area contributed by atoms with Crippen LogP contribution in [-0.2, 0) is 9.59 Å². The number of hydrogen-bond donors (Lipinski definition) is 1. The summed E-state index contributed by atoms with van der Waals surface area (Å²) >= 11 is 1.65. The van der Waals surface area contributed by atoms with Crippen molar-refractivity contribution in [1.82, 2.24) is 10.2 Å². The molecule has 1 aliphatic heterocycles. The second-order valence-electron chi connectivity index (χ2n) is 7.29. The van der Waals surface area contributed by atoms with Crippen molar-refractivity contribution in [2.75, 3.05) is 25.4 Å². The number of carbonyl (C=O) groups excluding carboxylic acids is 2. The third-order valence-electron chi connectivity index (χ3n) is 5.10. The third kappa shape index (κ3) is 7.02. The van der Waals surface area contributed by atoms with Crippen LogP contribution < -0.4 is 5.32 Å². The van der Waals surface area contributed by atoms with Crippen LogP contribution in [0.4, 0.5) is 4.39 Å². The second kappa shape index (κ2) is 11.6. The average Bonchev–Trinajstić information content (AvgIpc) is 2.79. The normalized spacial score (nSPS) is 14.8. The molecule has 3 rings (SSSR count). The van der Waals surface area contributed by atoms with Gasteiger partial charge < -0.3 is 10.2 Å². The standard InChI is InChI=1S/C24H27FN2O2S/c25-21-8-10-22(11-9-21)30-18-4-15-26-24(29)20-13-16-27(17-14-20)23(28)12-7-19-5-2-1-3-6-19/h1-3,5-12,20H,4,13-18H2,(H,26,29)/b12-7+. The van der Waals surface area contributed by atoms with Gasteiger partial charge in [-0.1, -0.05) is 30.3 Å². The summed E-state index contributed by atoms with van der Waals surface area (Å²) in [7, 11) is 0. The molecule has 1 fully saturated rings. The number of amides is 2. The van der Waals surface area contributed by atoms with Crippen LogP contribution >= 0.6 is 11.8 Å². The van der Waals surface area contributed by atoms with E-state index in [4.69, 9.17) is 0 Å². The van der Waals surface area contributed by atoms with Crippen molar-refractivity contribution < 1.29 is 14.0 Å². The number of halogens is 1. The lowest BCUT2D eigenvalue weighted by atomic mass is 9.96. The molecule has 6 heteroatoms. The Morgan fingerprint density at radius 1 is 1.07 bits per heavy atom. The largest absolute Gasteiger partial charge is 0.356 e. The molecule has 0 aromatic heterocycles. The van der Waals surface area contributed by atoms with Crippen LogP contribution in [0.25, 0.3) is 6.08 Å². The predicted octanol–water partition coefficient (Wildman–Crippen LogP) is 4.38. The molecular formula is C24H27FN2O2S. The topological polar surface area (TPSA) is 49.4 Å². The molecule has 0 spiro atoms. The molecular weight excluding hydrogens is 399 g/mol. The van der Waals surface area contributed by atoms with Gasteiger partial charge in [-0.05, 0) is 60.9 Å². The molecule has 0 unspecified atom stereocenters. The molecule has 0 aliphatic carbocycles. The molecule has 2 amide bonds. The number of thioether (sulfide) groups is 1. The summed E-state index contributed by atoms with van der Waals surface area (Å²) in [6.45, 7) is 1.85. The van der Waals surface area contributed by atoms with E-state index in [0.29, 0.717) is 32.5 Å². The fourth-order valence-electron chi connectivity index (χ4n) is 3.35. The quantitative estimate of drug-likeness (QED) is 0.387. The van der Waals surface area contributed by atoms with Gasteiger partial charge in [-0.25, -0.2) is 4.39 Å². The maximum absolute atomic E-state index is 12.9. The van der Waals surface area contributed by atoms with Crippen LogP contribution in [0.1, 0.15) is 24.8 Å². The van der Waals surface area contributed by atoms with Crippen LogP contribution in [0.2, 0.25) is 0 Å². The van der Waals surface area contributed by atoms with Crippen molar-refractivity contribution >= 4 is 29.7 Å². The van der Waals surface area contributed by atoms with Crippen LogP contribution in [0, 0.1) is 11.7 Å². The predicted molar refractivity (Wildman–Crippen MR) is 120 cm³/mol. The summed E-state index contributed by atoms with van der Waals surface area (Å²) in [4.78, 5) is 27.6. The molecule has 1 saturated heterocycles. The van der Waals surface area contributed by atoms with Crippen molar-refractivity contribution in [3.05, 3.63) is 72.1 Å². The zero-order chi connectivity index (χ0) is 21.2. The first-order valence-electron chi connectivity index (χ1n) is 10.3. The molecule has 0 radical (unpaired) electrons. The van der Waals surface area contributed by atoms with E-state index in [1.165, 1.54) is 12.1 Å². The summed E-state index contributed by atoms with van der Waals surface area (Å²) in [6.07, 6.45) is 5.68. The number of nitrogens with one attached hydrogen (secondary N) is 1. The van der Waals surface area contributed by atoms with Crippen LogP contribution in [0.15, 0.2) is 65.6 Å². The van der Waals surface area contributed by atoms with Gasteiger partial charge in [0.15, 0.2) is 0 Å². The summed E-state index contributed by atoms with van der Waals surface area (Å²) in [5, 5.41) is 3.01. The van der Waals surface area contributed by atoms with Crippen LogP contribution in [-0.4, -0.2) is 42.1 Å². The van der Waals surface area contributed by atoms with Crippen molar-refractivity contribution in [1.29, 1.82) is 0 Å². The molecule has 2 aromatic carbocycles. The third-order valence-corrected chi connectivity index (χ3v) is 6.20. The van der Waals surface area contributed by atoms with E-state index >= 15 is 0 Å². The zero-order valence-electron chi connectivity index (χ0n) is 16.9. The van der Waals surface area contributed by atoms with Gasteiger partial charge in [-0.2, -0.15) is 0 Å². The minimum atomic E-state index is -0.230. The van der Waals surface area contributed by atoms with Crippen molar-refractivity contribution in [3.8, 4) is 0 Å². The smallest absolute Gasteiger partial charge is 0.246 e. The van der Waals surface area contributed by atoms with E-state index in [2.05, 4.69) is 5.32 Å². The lowest BCUT2D eigenvalue weighted by molar-refractivity contribution is -0.132. The highest BCUT2D eigenvalue weighted by Gasteiger charge is 2.26. The number of nitrogens with zero attached hydrogens (tertiary/aromatic N) is 1. The Bertz CT molecular complexity index is 847. The van der Waals surface area contributed by atoms with Gasteiger partial charge in [0.25, 0.3) is 0 Å². The number of likely N-dealkylation sites (tertiary alicyclic amines) is 1. The molecule has 4 nitrogen and oxygen atoms in total. The molecule has 0 saturated carbocycles. The summed E-state index contributed by atoms with van der Waals surface area (Å²) < 4.78 is 12.9. The maximum atomic E-state index is 12.9. The molecule has 1 aliphatic rings. The molecule has 1 N–H and O–H groups in total. The lowest BCUT2D eigenvalue weighted by Gasteiger charge is -2.30. The maximum Gasteiger partial charge on any atom is 0.246 e. The molecule has 30 heavy (non-hydrogen) atoms. The fraction of sp³-hybridized carbons (Fsp3) is 0.333. The molecule has 0 bridgehead atoms. The van der Waals surface area contributed by atoms with Crippen molar-refractivity contribution in [2.45, 2.75) is 24.2 Å². The second-order valence-corrected chi connectivity index (χ2v) is 8.46. The first-order chi connectivity index (χ1) is 14.6. The van der Waals surface area contributed by atoms with E-state index < -0.39 is 0 Å². The average molecular weight is 427 g/mol. The van der Waals surface area contributed by atoms with Crippen LogP contribution in [0.5, 0.6) is 0 Å². The molecule has 0 atom stereocenters. The van der Waals surface area contributed by atoms with Crippen molar-refractivity contribution in [3.63, 3.8) is 0 Å². The fourth-order valence-corrected chi connectivity index (χ4v) is 4.20. The number of rotatable bonds is 8. The highest BCUT2D eigenvalue weighted by Crippen LogP contribution is 2.20. The van der Waals surface area contributed by atoms with E-state index in [-0.39, 0.29) is 23.5 Å². The highest BCUT2D eigenvalue weighted by atomic mass is 32.2. The monoisotopic (exact) mass is 426 g/mol. The zero-order valence-corrected chi connectivity index (χ0v) is 17.7. The first kappa shape index (κ1) is 22.1. The van der Waals surface area contributed by atoms with Gasteiger partial charge in [-0.15, -0.1) is 11.8 Å². The molecule has 1 heterocycles. The van der Waals surface area contributed by atoms with E-state index in [0.717, 1.165) is 22.6 Å². The first-order valence-corrected chi connectivity index (χ1v) is 11.3. The minimum absolute atomic E-state index is 0.00414. The van der Waals surface area contributed by atoms with Gasteiger partial charge in [0.1, 0.15) is 5.82 Å². The summed E-state index contributed by atoms with van der Waals surface area (Å²) in [5.41, 5.74) is 0.998. The number of carbonyl (C=O) groups is 2. The van der Waals surface area contributed by atoms with Crippen LogP contribution in [0.3, 0.4) is 0 Å². The van der Waals surface area contributed by atoms with E-state index in [9.17, 15) is 14.0 Å². The Morgan fingerprint density at radius 3 is 2.47 bits per heavy atom. The van der Waals surface area contributed by atoms with Gasteiger partial charge in [-0.3, -0.25) is 9.59 Å². The Morgan fingerprint density at radius 2 is 1.77 bits per heavy atom. The van der Waals surface area contributed by atoms with Gasteiger partial charge in [0, 0.05) is 36.5 Å². The van der Waals surface area contributed by atoms with E-state index in [1.54, 1.807) is 30.0 Å². The van der Waals surface area contributed by atoms with Gasteiger partial charge in [0.2, 0.25) is 11.8 Å². The number of benzene rings is 2. The number of hydrogen-bond acceptors (Lipinski definition) is 3. The summed E-state index contributed by atoms with van der Waals surface area (Å²) in [6, 6.07) is 16.2. The van der Waals surface area contributed by atoms with Crippen molar-refractivity contribution in [2.24, 2.45) is 5.92 Å². The Kier molecular flexibility index (Phi) is 8.51. The highest BCUT2D eigenvalue weighted by molar-refractivity contribution is 7.99. The van der Waals surface area contributed by atoms with Gasteiger partial charge >= 0.3 is 0 Å². The summed E-state index contributed by atoms with van der Waals surface area (Å²) in [5.74, 6) is 0.680. The lowest BCUT2D eigenvalue weighted by Crippen LogP contribution is -2.42. The van der Waals surface area contributed by atoms with Gasteiger partial charge in [0.05, 0.1) is 0 Å². The molecule has 158 valence electrons. The number of piperidine rings is 1.